The SMILES string of the molecule is COC(=O)c1ccccn1.COc1c([C@H]2[C@H](C(N)=O)O[C@@](C)(C(F)(F)F)[C@H]2C)ccc(F)c1F. The number of carbonyl (C=O) groups is 2. The normalized spacial score (nSPS) is 24.1. The van der Waals surface area contributed by atoms with E-state index in [0.29, 0.717) is 5.69 Å². The number of esters is 1. The molecule has 1 aromatic carbocycles. The third-order valence-corrected chi connectivity index (χ3v) is 5.65. The van der Waals surface area contributed by atoms with E-state index in [0.717, 1.165) is 26.2 Å². The second-order valence-corrected chi connectivity index (χ2v) is 7.55. The van der Waals surface area contributed by atoms with Crippen LogP contribution in [0.4, 0.5) is 22.0 Å². The molecule has 1 aliphatic rings. The number of methoxy groups -OCH3 is 2. The lowest BCUT2D eigenvalue weighted by atomic mass is 9.77. The van der Waals surface area contributed by atoms with Gasteiger partial charge in [-0.2, -0.15) is 17.6 Å². The van der Waals surface area contributed by atoms with Crippen molar-refractivity contribution in [1.29, 1.82) is 0 Å². The highest BCUT2D eigenvalue weighted by molar-refractivity contribution is 5.86. The average Bonchev–Trinajstić information content (AvgIpc) is 3.08. The van der Waals surface area contributed by atoms with Crippen LogP contribution in [0.1, 0.15) is 35.8 Å². The molecule has 12 heteroatoms. The predicted molar refractivity (Wildman–Crippen MR) is 109 cm³/mol. The number of pyridine rings is 1. The van der Waals surface area contributed by atoms with E-state index in [4.69, 9.17) is 15.2 Å². The van der Waals surface area contributed by atoms with Gasteiger partial charge >= 0.3 is 12.1 Å². The van der Waals surface area contributed by atoms with Crippen molar-refractivity contribution in [1.82, 2.24) is 4.98 Å². The molecule has 0 spiro atoms. The van der Waals surface area contributed by atoms with Crippen LogP contribution in [0.5, 0.6) is 5.75 Å². The first-order valence-electron chi connectivity index (χ1n) is 9.85. The highest BCUT2D eigenvalue weighted by Gasteiger charge is 2.65. The van der Waals surface area contributed by atoms with Crippen molar-refractivity contribution in [2.45, 2.75) is 37.6 Å². The molecule has 3 rings (SSSR count). The van der Waals surface area contributed by atoms with Crippen molar-refractivity contribution in [3.63, 3.8) is 0 Å². The van der Waals surface area contributed by atoms with Crippen molar-refractivity contribution in [3.8, 4) is 5.75 Å². The van der Waals surface area contributed by atoms with Gasteiger partial charge in [0.25, 0.3) is 0 Å². The maximum Gasteiger partial charge on any atom is 0.417 e. The van der Waals surface area contributed by atoms with Gasteiger partial charge in [-0.25, -0.2) is 14.2 Å². The first-order valence-corrected chi connectivity index (χ1v) is 9.85. The molecule has 7 nitrogen and oxygen atoms in total. The summed E-state index contributed by atoms with van der Waals surface area (Å²) in [5, 5.41) is 0. The minimum atomic E-state index is -4.79. The monoisotopic (exact) mass is 490 g/mol. The van der Waals surface area contributed by atoms with E-state index in [1.54, 1.807) is 24.4 Å². The van der Waals surface area contributed by atoms with E-state index in [2.05, 4.69) is 9.72 Å². The number of halogens is 5. The molecule has 1 aliphatic heterocycles. The predicted octanol–water partition coefficient (Wildman–Crippen LogP) is 3.77. The molecule has 1 fully saturated rings. The number of carbonyl (C=O) groups excluding carboxylic acids is 2. The molecule has 0 aliphatic carbocycles. The molecule has 1 aromatic heterocycles. The summed E-state index contributed by atoms with van der Waals surface area (Å²) < 4.78 is 81.7. The number of aromatic nitrogens is 1. The Balaban J connectivity index is 0.000000340. The van der Waals surface area contributed by atoms with Crippen LogP contribution in [-0.2, 0) is 14.3 Å². The zero-order chi connectivity index (χ0) is 25.8. The summed E-state index contributed by atoms with van der Waals surface area (Å²) in [7, 11) is 2.38. The third-order valence-electron chi connectivity index (χ3n) is 5.65. The fourth-order valence-corrected chi connectivity index (χ4v) is 3.65. The first-order chi connectivity index (χ1) is 15.8. The molecule has 2 N–H and O–H groups in total. The lowest BCUT2D eigenvalue weighted by Gasteiger charge is -2.32. The number of nitrogens with zero attached hydrogens (tertiary/aromatic N) is 1. The molecule has 186 valence electrons. The van der Waals surface area contributed by atoms with Crippen molar-refractivity contribution >= 4 is 11.9 Å². The Morgan fingerprint density at radius 3 is 2.26 bits per heavy atom. The number of nitrogens with two attached hydrogens (primary N) is 1. The quantitative estimate of drug-likeness (QED) is 0.518. The molecule has 0 radical (unpaired) electrons. The zero-order valence-electron chi connectivity index (χ0n) is 18.7. The van der Waals surface area contributed by atoms with Gasteiger partial charge in [0.05, 0.1) is 14.2 Å². The van der Waals surface area contributed by atoms with Gasteiger partial charge in [-0.1, -0.05) is 19.1 Å². The number of amides is 1. The Morgan fingerprint density at radius 1 is 1.15 bits per heavy atom. The lowest BCUT2D eigenvalue weighted by Crippen LogP contribution is -2.47. The summed E-state index contributed by atoms with van der Waals surface area (Å²) in [6, 6.07) is 6.90. The second-order valence-electron chi connectivity index (χ2n) is 7.55. The Hall–Kier alpha value is -3.28. The molecule has 1 amide bonds. The molecular weight excluding hydrogens is 467 g/mol. The van der Waals surface area contributed by atoms with Gasteiger partial charge in [0, 0.05) is 23.6 Å². The van der Waals surface area contributed by atoms with Crippen LogP contribution in [0, 0.1) is 17.6 Å². The highest BCUT2D eigenvalue weighted by atomic mass is 19.4. The zero-order valence-corrected chi connectivity index (χ0v) is 18.7. The fourth-order valence-electron chi connectivity index (χ4n) is 3.65. The van der Waals surface area contributed by atoms with Gasteiger partial charge in [0.15, 0.2) is 17.2 Å². The molecule has 2 heterocycles. The third kappa shape index (κ3) is 5.11. The molecule has 0 saturated carbocycles. The second kappa shape index (κ2) is 10.3. The summed E-state index contributed by atoms with van der Waals surface area (Å²) in [4.78, 5) is 26.1. The Morgan fingerprint density at radius 2 is 1.79 bits per heavy atom. The molecule has 0 unspecified atom stereocenters. The van der Waals surface area contributed by atoms with Crippen molar-refractivity contribution in [2.75, 3.05) is 14.2 Å². The van der Waals surface area contributed by atoms with Crippen molar-refractivity contribution < 1.29 is 45.8 Å². The van der Waals surface area contributed by atoms with E-state index in [9.17, 15) is 31.5 Å². The average molecular weight is 490 g/mol. The number of primary amides is 1. The van der Waals surface area contributed by atoms with Crippen molar-refractivity contribution in [3.05, 3.63) is 59.4 Å². The maximum absolute atomic E-state index is 13.9. The topological polar surface area (TPSA) is 101 Å². The number of rotatable bonds is 4. The Labute approximate surface area is 192 Å². The van der Waals surface area contributed by atoms with E-state index >= 15 is 0 Å². The Kier molecular flexibility index (Phi) is 8.19. The van der Waals surface area contributed by atoms with E-state index in [1.807, 2.05) is 0 Å². The molecule has 2 aromatic rings. The van der Waals surface area contributed by atoms with Crippen LogP contribution in [-0.4, -0.2) is 49.0 Å². The summed E-state index contributed by atoms with van der Waals surface area (Å²) in [5.74, 6) is -7.24. The number of hydrogen-bond donors (Lipinski definition) is 1. The molecule has 0 bridgehead atoms. The summed E-state index contributed by atoms with van der Waals surface area (Å²) in [6.45, 7) is 2.00. The van der Waals surface area contributed by atoms with E-state index in [1.165, 1.54) is 14.0 Å². The smallest absolute Gasteiger partial charge is 0.417 e. The van der Waals surface area contributed by atoms with Crippen LogP contribution < -0.4 is 10.5 Å². The summed E-state index contributed by atoms with van der Waals surface area (Å²) in [6.07, 6.45) is -4.90. The van der Waals surface area contributed by atoms with E-state index < -0.39 is 59.0 Å². The first kappa shape index (κ1) is 27.0. The van der Waals surface area contributed by atoms with Gasteiger partial charge in [0.2, 0.25) is 11.7 Å². The van der Waals surface area contributed by atoms with Crippen LogP contribution in [0.3, 0.4) is 0 Å². The molecule has 34 heavy (non-hydrogen) atoms. The summed E-state index contributed by atoms with van der Waals surface area (Å²) in [5.41, 5.74) is 2.73. The number of ether oxygens (including phenoxy) is 3. The Bertz CT molecular complexity index is 1030. The van der Waals surface area contributed by atoms with Crippen molar-refractivity contribution in [2.24, 2.45) is 11.7 Å². The number of hydrogen-bond acceptors (Lipinski definition) is 6. The standard InChI is InChI=1S/C15H16F5NO3.C7H7NO2/c1-6-9(7-4-5-8(16)10(17)11(7)23-3)12(13(21)22)24-14(6,2)15(18,19)20;1-10-7(9)6-4-2-3-5-8-6/h4-6,9,12H,1-3H3,(H2,21,22);2-5H,1H3/t6-,9-,12+,14+;/m0./s1. The molecular formula is C22H23F5N2O5. The van der Waals surface area contributed by atoms with Crippen LogP contribution in [0.15, 0.2) is 36.5 Å². The molecule has 4 atom stereocenters. The maximum atomic E-state index is 13.9. The van der Waals surface area contributed by atoms with Gasteiger partial charge in [-0.15, -0.1) is 0 Å². The van der Waals surface area contributed by atoms with Crippen LogP contribution >= 0.6 is 0 Å². The minimum Gasteiger partial charge on any atom is -0.493 e. The number of alkyl halides is 3. The van der Waals surface area contributed by atoms with Crippen LogP contribution in [0.2, 0.25) is 0 Å². The summed E-state index contributed by atoms with van der Waals surface area (Å²) >= 11 is 0. The minimum absolute atomic E-state index is 0.110. The number of benzene rings is 1. The highest BCUT2D eigenvalue weighted by Crippen LogP contribution is 2.54. The van der Waals surface area contributed by atoms with Crippen LogP contribution in [0.25, 0.3) is 0 Å². The van der Waals surface area contributed by atoms with Gasteiger partial charge in [0.1, 0.15) is 11.8 Å². The van der Waals surface area contributed by atoms with E-state index in [-0.39, 0.29) is 5.56 Å². The fraction of sp³-hybridized carbons (Fsp3) is 0.409. The largest absolute Gasteiger partial charge is 0.493 e. The van der Waals surface area contributed by atoms with Gasteiger partial charge < -0.3 is 19.9 Å². The van der Waals surface area contributed by atoms with Gasteiger partial charge in [-0.3, -0.25) is 4.79 Å². The lowest BCUT2D eigenvalue weighted by molar-refractivity contribution is -0.272. The van der Waals surface area contributed by atoms with Gasteiger partial charge in [-0.05, 0) is 25.1 Å². The molecule has 1 saturated heterocycles.